The summed E-state index contributed by atoms with van der Waals surface area (Å²) in [5, 5.41) is 4.04. The summed E-state index contributed by atoms with van der Waals surface area (Å²) in [6.45, 7) is 2.00. The van der Waals surface area contributed by atoms with Gasteiger partial charge in [0.25, 0.3) is 0 Å². The molecule has 1 aliphatic heterocycles. The van der Waals surface area contributed by atoms with Crippen LogP contribution < -0.4 is 10.1 Å². The van der Waals surface area contributed by atoms with Crippen LogP contribution in [0.3, 0.4) is 0 Å². The number of nitrogens with zero attached hydrogens (tertiary/aromatic N) is 1. The molecule has 1 heterocycles. The van der Waals surface area contributed by atoms with Gasteiger partial charge in [0.15, 0.2) is 0 Å². The zero-order valence-corrected chi connectivity index (χ0v) is 14.4. The van der Waals surface area contributed by atoms with E-state index < -0.39 is 0 Å². The highest BCUT2D eigenvalue weighted by Crippen LogP contribution is 2.30. The molecule has 3 rings (SSSR count). The second-order valence-electron chi connectivity index (χ2n) is 5.85. The number of nitrogens with one attached hydrogen (secondary N) is 1. The highest BCUT2D eigenvalue weighted by atomic mass is 35.5. The molecule has 0 bridgehead atoms. The Balaban J connectivity index is 1.85. The highest BCUT2D eigenvalue weighted by Gasteiger charge is 2.23. The second kappa shape index (κ2) is 7.69. The molecule has 24 heavy (non-hydrogen) atoms. The average Bonchev–Trinajstić information content (AvgIpc) is 2.55. The Morgan fingerprint density at radius 2 is 2.04 bits per heavy atom. The van der Waals surface area contributed by atoms with E-state index >= 15 is 0 Å². The van der Waals surface area contributed by atoms with Crippen molar-refractivity contribution >= 4 is 17.5 Å². The molecule has 1 aliphatic rings. The predicted molar refractivity (Wildman–Crippen MR) is 95.5 cm³/mol. The van der Waals surface area contributed by atoms with Crippen molar-refractivity contribution < 1.29 is 9.53 Å². The maximum absolute atomic E-state index is 12.2. The van der Waals surface area contributed by atoms with Crippen LogP contribution in [-0.2, 0) is 4.79 Å². The van der Waals surface area contributed by atoms with E-state index in [1.54, 1.807) is 7.11 Å². The molecule has 0 radical (unpaired) electrons. The Labute approximate surface area is 147 Å². The number of hydrogen-bond donors (Lipinski definition) is 1. The van der Waals surface area contributed by atoms with Crippen LogP contribution in [0.1, 0.15) is 23.6 Å². The fraction of sp³-hybridized carbons (Fsp3) is 0.316. The monoisotopic (exact) mass is 344 g/mol. The van der Waals surface area contributed by atoms with Crippen molar-refractivity contribution in [3.8, 4) is 5.75 Å². The largest absolute Gasteiger partial charge is 0.497 e. The van der Waals surface area contributed by atoms with Gasteiger partial charge in [-0.1, -0.05) is 41.9 Å². The number of amides is 1. The van der Waals surface area contributed by atoms with Crippen LogP contribution in [-0.4, -0.2) is 37.6 Å². The third kappa shape index (κ3) is 3.71. The molecule has 0 saturated carbocycles. The van der Waals surface area contributed by atoms with Crippen molar-refractivity contribution in [1.82, 2.24) is 10.2 Å². The van der Waals surface area contributed by atoms with E-state index in [0.717, 1.165) is 36.4 Å². The zero-order chi connectivity index (χ0) is 16.9. The van der Waals surface area contributed by atoms with E-state index in [1.807, 2.05) is 53.4 Å². The molecule has 5 heteroatoms. The van der Waals surface area contributed by atoms with Gasteiger partial charge in [0.1, 0.15) is 5.75 Å². The Kier molecular flexibility index (Phi) is 5.38. The van der Waals surface area contributed by atoms with Crippen LogP contribution in [0, 0.1) is 0 Å². The number of ether oxygens (including phenoxy) is 1. The molecule has 2 aromatic rings. The van der Waals surface area contributed by atoms with Gasteiger partial charge in [-0.05, 0) is 35.7 Å². The topological polar surface area (TPSA) is 41.6 Å². The summed E-state index contributed by atoms with van der Waals surface area (Å²) in [5.41, 5.74) is 1.96. The number of carbonyl (C=O) groups is 1. The molecule has 0 unspecified atom stereocenters. The van der Waals surface area contributed by atoms with Crippen LogP contribution >= 0.6 is 11.6 Å². The molecule has 0 aliphatic carbocycles. The summed E-state index contributed by atoms with van der Waals surface area (Å²) < 4.78 is 5.33. The van der Waals surface area contributed by atoms with E-state index in [1.165, 1.54) is 0 Å². The predicted octanol–water partition coefficient (Wildman–Crippen LogP) is 3.26. The molecule has 4 nitrogen and oxygen atoms in total. The minimum absolute atomic E-state index is 0.126. The van der Waals surface area contributed by atoms with Crippen molar-refractivity contribution in [3.05, 3.63) is 64.7 Å². The standard InChI is InChI=1S/C19H21ClN2O2/c1-24-15-7-4-6-14(12-15)19(16-8-2-3-9-17(16)20)21-13-18(23)22-10-5-11-22/h2-4,6-9,12,19,21H,5,10-11,13H2,1H3/t19-/m0/s1. The van der Waals surface area contributed by atoms with Gasteiger partial charge < -0.3 is 9.64 Å². The first-order valence-corrected chi connectivity index (χ1v) is 8.46. The van der Waals surface area contributed by atoms with Crippen molar-refractivity contribution in [3.63, 3.8) is 0 Å². The van der Waals surface area contributed by atoms with Crippen LogP contribution in [0.4, 0.5) is 0 Å². The van der Waals surface area contributed by atoms with Gasteiger partial charge in [0, 0.05) is 18.1 Å². The number of benzene rings is 2. The third-order valence-corrected chi connectivity index (χ3v) is 4.65. The van der Waals surface area contributed by atoms with Gasteiger partial charge in [0.05, 0.1) is 19.7 Å². The molecule has 0 aromatic heterocycles. The lowest BCUT2D eigenvalue weighted by molar-refractivity contribution is -0.133. The van der Waals surface area contributed by atoms with Crippen molar-refractivity contribution in [2.24, 2.45) is 0 Å². The fourth-order valence-electron chi connectivity index (χ4n) is 2.80. The van der Waals surface area contributed by atoms with Crippen LogP contribution in [0.15, 0.2) is 48.5 Å². The zero-order valence-electron chi connectivity index (χ0n) is 13.7. The van der Waals surface area contributed by atoms with E-state index in [-0.39, 0.29) is 18.5 Å². The summed E-state index contributed by atoms with van der Waals surface area (Å²) >= 11 is 6.39. The van der Waals surface area contributed by atoms with E-state index in [4.69, 9.17) is 16.3 Å². The molecule has 1 saturated heterocycles. The van der Waals surface area contributed by atoms with E-state index in [9.17, 15) is 4.79 Å². The molecular formula is C19H21ClN2O2. The number of hydrogen-bond acceptors (Lipinski definition) is 3. The van der Waals surface area contributed by atoms with E-state index in [2.05, 4.69) is 5.32 Å². The number of rotatable bonds is 6. The first kappa shape index (κ1) is 16.8. The Bertz CT molecular complexity index is 716. The Morgan fingerprint density at radius 3 is 2.71 bits per heavy atom. The molecule has 1 amide bonds. The molecular weight excluding hydrogens is 324 g/mol. The lowest BCUT2D eigenvalue weighted by Gasteiger charge is -2.32. The summed E-state index contributed by atoms with van der Waals surface area (Å²) in [7, 11) is 1.64. The van der Waals surface area contributed by atoms with Gasteiger partial charge in [-0.3, -0.25) is 10.1 Å². The molecule has 1 N–H and O–H groups in total. The van der Waals surface area contributed by atoms with Crippen LogP contribution in [0.25, 0.3) is 0 Å². The molecule has 126 valence electrons. The minimum atomic E-state index is -0.168. The molecule has 1 fully saturated rings. The Morgan fingerprint density at radius 1 is 1.25 bits per heavy atom. The number of halogens is 1. The number of likely N-dealkylation sites (tertiary alicyclic amines) is 1. The van der Waals surface area contributed by atoms with Crippen molar-refractivity contribution in [1.29, 1.82) is 0 Å². The smallest absolute Gasteiger partial charge is 0.236 e. The molecule has 1 atom stereocenters. The SMILES string of the molecule is COc1cccc([C@H](NCC(=O)N2CCC2)c2ccccc2Cl)c1. The number of carbonyl (C=O) groups excluding carboxylic acids is 1. The Hall–Kier alpha value is -2.04. The van der Waals surface area contributed by atoms with Gasteiger partial charge in [-0.2, -0.15) is 0 Å². The lowest BCUT2D eigenvalue weighted by atomic mass is 9.98. The quantitative estimate of drug-likeness (QED) is 0.874. The summed E-state index contributed by atoms with van der Waals surface area (Å²) in [6.07, 6.45) is 1.09. The third-order valence-electron chi connectivity index (χ3n) is 4.31. The summed E-state index contributed by atoms with van der Waals surface area (Å²) in [6, 6.07) is 15.4. The van der Waals surface area contributed by atoms with Crippen molar-refractivity contribution in [2.45, 2.75) is 12.5 Å². The molecule has 0 spiro atoms. The molecule has 2 aromatic carbocycles. The van der Waals surface area contributed by atoms with E-state index in [0.29, 0.717) is 5.02 Å². The van der Waals surface area contributed by atoms with Crippen LogP contribution in [0.5, 0.6) is 5.75 Å². The maximum atomic E-state index is 12.2. The normalized spacial score (nSPS) is 14.8. The average molecular weight is 345 g/mol. The highest BCUT2D eigenvalue weighted by molar-refractivity contribution is 6.31. The first-order chi connectivity index (χ1) is 11.7. The second-order valence-corrected chi connectivity index (χ2v) is 6.25. The summed E-state index contributed by atoms with van der Waals surface area (Å²) in [4.78, 5) is 14.1. The first-order valence-electron chi connectivity index (χ1n) is 8.08. The number of methoxy groups -OCH3 is 1. The van der Waals surface area contributed by atoms with Crippen molar-refractivity contribution in [2.75, 3.05) is 26.7 Å². The van der Waals surface area contributed by atoms with Gasteiger partial charge in [-0.25, -0.2) is 0 Å². The van der Waals surface area contributed by atoms with Gasteiger partial charge in [0.2, 0.25) is 5.91 Å². The lowest BCUT2D eigenvalue weighted by Crippen LogP contribution is -2.46. The fourth-order valence-corrected chi connectivity index (χ4v) is 3.05. The van der Waals surface area contributed by atoms with Crippen LogP contribution in [0.2, 0.25) is 5.02 Å². The summed E-state index contributed by atoms with van der Waals surface area (Å²) in [5.74, 6) is 0.904. The van der Waals surface area contributed by atoms with Gasteiger partial charge in [-0.15, -0.1) is 0 Å². The van der Waals surface area contributed by atoms with Gasteiger partial charge >= 0.3 is 0 Å². The maximum Gasteiger partial charge on any atom is 0.236 e. The minimum Gasteiger partial charge on any atom is -0.497 e.